The summed E-state index contributed by atoms with van der Waals surface area (Å²) in [5.41, 5.74) is 3.55. The van der Waals surface area contributed by atoms with Crippen LogP contribution in [-0.2, 0) is 6.54 Å². The number of hydrogen-bond donors (Lipinski definition) is 2. The first-order valence-corrected chi connectivity index (χ1v) is 7.64. The van der Waals surface area contributed by atoms with Gasteiger partial charge in [-0.3, -0.25) is 4.79 Å². The van der Waals surface area contributed by atoms with E-state index in [1.807, 2.05) is 29.8 Å². The molecule has 0 aliphatic rings. The van der Waals surface area contributed by atoms with Gasteiger partial charge < -0.3 is 10.4 Å². The van der Waals surface area contributed by atoms with Gasteiger partial charge in [0.1, 0.15) is 0 Å². The molecule has 0 aliphatic carbocycles. The molecule has 0 unspecified atom stereocenters. The summed E-state index contributed by atoms with van der Waals surface area (Å²) in [6.07, 6.45) is 0.439. The van der Waals surface area contributed by atoms with E-state index in [0.29, 0.717) is 18.5 Å². The van der Waals surface area contributed by atoms with Crippen molar-refractivity contribution in [2.45, 2.75) is 19.9 Å². The summed E-state index contributed by atoms with van der Waals surface area (Å²) in [5, 5.41) is 15.6. The van der Waals surface area contributed by atoms with E-state index in [4.69, 9.17) is 5.11 Å². The Balaban J connectivity index is 2.07. The topological polar surface area (TPSA) is 49.3 Å². The van der Waals surface area contributed by atoms with Crippen LogP contribution in [0.3, 0.4) is 0 Å². The van der Waals surface area contributed by atoms with Crippen LogP contribution in [0.25, 0.3) is 0 Å². The number of benzene rings is 1. The number of carbonyl (C=O) groups is 1. The fraction of sp³-hybridized carbons (Fsp3) is 0.235. The molecule has 0 fully saturated rings. The number of aliphatic hydroxyl groups is 1. The molecule has 0 bridgehead atoms. The maximum atomic E-state index is 12.1. The lowest BCUT2D eigenvalue weighted by molar-refractivity contribution is 0.0951. The summed E-state index contributed by atoms with van der Waals surface area (Å²) in [6, 6.07) is 7.48. The monoisotopic (exact) mass is 299 g/mol. The van der Waals surface area contributed by atoms with E-state index < -0.39 is 0 Å². The van der Waals surface area contributed by atoms with Crippen molar-refractivity contribution in [3.8, 4) is 11.8 Å². The standard InChI is InChI=1S/C17H17NO2S/c1-13-5-6-16(10-15(13)4-2-3-8-19)17(20)18-11-14-7-9-21-12-14/h5-7,9-10,12,19H,3,8,11H2,1H3,(H,18,20). The Kier molecular flexibility index (Phi) is 5.56. The summed E-state index contributed by atoms with van der Waals surface area (Å²) >= 11 is 1.61. The Morgan fingerprint density at radius 2 is 2.24 bits per heavy atom. The van der Waals surface area contributed by atoms with Crippen molar-refractivity contribution >= 4 is 17.2 Å². The third-order valence-corrected chi connectivity index (χ3v) is 3.72. The van der Waals surface area contributed by atoms with Gasteiger partial charge >= 0.3 is 0 Å². The highest BCUT2D eigenvalue weighted by atomic mass is 32.1. The van der Waals surface area contributed by atoms with Gasteiger partial charge in [0.05, 0.1) is 6.61 Å². The lowest BCUT2D eigenvalue weighted by Gasteiger charge is -2.06. The predicted octanol–water partition coefficient (Wildman–Crippen LogP) is 2.72. The molecule has 0 radical (unpaired) electrons. The SMILES string of the molecule is Cc1ccc(C(=O)NCc2ccsc2)cc1C#CCCO. The highest BCUT2D eigenvalue weighted by Crippen LogP contribution is 2.11. The normalized spacial score (nSPS) is 9.81. The first-order chi connectivity index (χ1) is 10.2. The van der Waals surface area contributed by atoms with Gasteiger partial charge in [-0.2, -0.15) is 11.3 Å². The largest absolute Gasteiger partial charge is 0.395 e. The van der Waals surface area contributed by atoms with E-state index in [9.17, 15) is 4.79 Å². The zero-order chi connectivity index (χ0) is 15.1. The zero-order valence-electron chi connectivity index (χ0n) is 11.8. The van der Waals surface area contributed by atoms with Crippen molar-refractivity contribution < 1.29 is 9.90 Å². The van der Waals surface area contributed by atoms with Gasteiger partial charge in [0.15, 0.2) is 0 Å². The molecule has 21 heavy (non-hydrogen) atoms. The van der Waals surface area contributed by atoms with Gasteiger partial charge in [-0.1, -0.05) is 17.9 Å². The average molecular weight is 299 g/mol. The molecule has 2 aromatic rings. The maximum absolute atomic E-state index is 12.1. The van der Waals surface area contributed by atoms with Gasteiger partial charge in [0, 0.05) is 24.1 Å². The summed E-state index contributed by atoms with van der Waals surface area (Å²) in [7, 11) is 0. The minimum atomic E-state index is -0.105. The molecule has 0 atom stereocenters. The second-order valence-electron chi connectivity index (χ2n) is 4.62. The number of aryl methyl sites for hydroxylation is 1. The second-order valence-corrected chi connectivity index (χ2v) is 5.40. The van der Waals surface area contributed by atoms with Gasteiger partial charge in [-0.05, 0) is 47.0 Å². The molecule has 0 saturated carbocycles. The quantitative estimate of drug-likeness (QED) is 0.853. The van der Waals surface area contributed by atoms with Crippen molar-refractivity contribution in [3.63, 3.8) is 0 Å². The summed E-state index contributed by atoms with van der Waals surface area (Å²) in [6.45, 7) is 2.53. The van der Waals surface area contributed by atoms with Crippen LogP contribution >= 0.6 is 11.3 Å². The zero-order valence-corrected chi connectivity index (χ0v) is 12.7. The number of carbonyl (C=O) groups excluding carboxylic acids is 1. The molecule has 108 valence electrons. The fourth-order valence-electron chi connectivity index (χ4n) is 1.79. The minimum Gasteiger partial charge on any atom is -0.395 e. The number of hydrogen-bond acceptors (Lipinski definition) is 3. The van der Waals surface area contributed by atoms with Crippen molar-refractivity contribution in [2.24, 2.45) is 0 Å². The Hall–Kier alpha value is -2.09. The van der Waals surface area contributed by atoms with E-state index in [-0.39, 0.29) is 12.5 Å². The second kappa shape index (κ2) is 7.63. The molecule has 1 amide bonds. The number of rotatable bonds is 4. The van der Waals surface area contributed by atoms with E-state index >= 15 is 0 Å². The number of aliphatic hydroxyl groups excluding tert-OH is 1. The third-order valence-electron chi connectivity index (χ3n) is 2.99. The molecular formula is C17H17NO2S. The highest BCUT2D eigenvalue weighted by molar-refractivity contribution is 7.07. The van der Waals surface area contributed by atoms with E-state index in [2.05, 4.69) is 17.2 Å². The lowest BCUT2D eigenvalue weighted by Crippen LogP contribution is -2.22. The first-order valence-electron chi connectivity index (χ1n) is 6.70. The molecule has 1 aromatic heterocycles. The molecule has 2 N–H and O–H groups in total. The van der Waals surface area contributed by atoms with E-state index in [0.717, 1.165) is 16.7 Å². The van der Waals surface area contributed by atoms with Gasteiger partial charge in [0.2, 0.25) is 0 Å². The highest BCUT2D eigenvalue weighted by Gasteiger charge is 2.07. The number of amides is 1. The molecule has 1 heterocycles. The number of nitrogens with one attached hydrogen (secondary N) is 1. The van der Waals surface area contributed by atoms with Crippen molar-refractivity contribution in [1.29, 1.82) is 0 Å². The van der Waals surface area contributed by atoms with Crippen molar-refractivity contribution in [3.05, 3.63) is 57.3 Å². The van der Waals surface area contributed by atoms with Crippen LogP contribution in [0.15, 0.2) is 35.0 Å². The van der Waals surface area contributed by atoms with E-state index in [1.165, 1.54) is 0 Å². The van der Waals surface area contributed by atoms with Crippen LogP contribution in [0.1, 0.15) is 33.5 Å². The van der Waals surface area contributed by atoms with Gasteiger partial charge in [0.25, 0.3) is 5.91 Å². The van der Waals surface area contributed by atoms with Crippen molar-refractivity contribution in [2.75, 3.05) is 6.61 Å². The average Bonchev–Trinajstić information content (AvgIpc) is 3.00. The maximum Gasteiger partial charge on any atom is 0.251 e. The third kappa shape index (κ3) is 4.45. The summed E-state index contributed by atoms with van der Waals surface area (Å²) in [4.78, 5) is 12.1. The molecule has 0 saturated heterocycles. The predicted molar refractivity (Wildman–Crippen MR) is 85.2 cm³/mol. The summed E-state index contributed by atoms with van der Waals surface area (Å²) < 4.78 is 0. The molecule has 0 aliphatic heterocycles. The molecule has 1 aromatic carbocycles. The fourth-order valence-corrected chi connectivity index (χ4v) is 2.46. The minimum absolute atomic E-state index is 0.0485. The molecule has 0 spiro atoms. The van der Waals surface area contributed by atoms with Crippen LogP contribution in [0.4, 0.5) is 0 Å². The Morgan fingerprint density at radius 1 is 1.38 bits per heavy atom. The Labute approximate surface area is 128 Å². The van der Waals surface area contributed by atoms with Crippen LogP contribution in [0, 0.1) is 18.8 Å². The van der Waals surface area contributed by atoms with Crippen LogP contribution in [-0.4, -0.2) is 17.6 Å². The smallest absolute Gasteiger partial charge is 0.251 e. The van der Waals surface area contributed by atoms with Crippen molar-refractivity contribution in [1.82, 2.24) is 5.32 Å². The Bertz CT molecular complexity index is 666. The number of thiophene rings is 1. The first kappa shape index (κ1) is 15.3. The Morgan fingerprint density at radius 3 is 2.95 bits per heavy atom. The van der Waals surface area contributed by atoms with Crippen LogP contribution < -0.4 is 5.32 Å². The molecular weight excluding hydrogens is 282 g/mol. The van der Waals surface area contributed by atoms with Gasteiger partial charge in [-0.15, -0.1) is 0 Å². The van der Waals surface area contributed by atoms with Crippen LogP contribution in [0.5, 0.6) is 0 Å². The van der Waals surface area contributed by atoms with Crippen LogP contribution in [0.2, 0.25) is 0 Å². The lowest BCUT2D eigenvalue weighted by atomic mass is 10.0. The van der Waals surface area contributed by atoms with E-state index in [1.54, 1.807) is 23.5 Å². The van der Waals surface area contributed by atoms with Gasteiger partial charge in [-0.25, -0.2) is 0 Å². The molecule has 3 nitrogen and oxygen atoms in total. The molecule has 2 rings (SSSR count). The summed E-state index contributed by atoms with van der Waals surface area (Å²) in [5.74, 6) is 5.77. The molecule has 4 heteroatoms.